The van der Waals surface area contributed by atoms with Gasteiger partial charge in [-0.2, -0.15) is 0 Å². The summed E-state index contributed by atoms with van der Waals surface area (Å²) in [5.41, 5.74) is 3.91. The molecular formula is C18H28N4O3S. The quantitative estimate of drug-likeness (QED) is 0.474. The van der Waals surface area contributed by atoms with E-state index in [0.29, 0.717) is 18.1 Å². The van der Waals surface area contributed by atoms with Gasteiger partial charge in [0.25, 0.3) is 0 Å². The maximum absolute atomic E-state index is 12.8. The van der Waals surface area contributed by atoms with Crippen molar-refractivity contribution in [1.29, 1.82) is 0 Å². The van der Waals surface area contributed by atoms with Crippen molar-refractivity contribution in [2.24, 2.45) is 11.3 Å². The van der Waals surface area contributed by atoms with Crippen molar-refractivity contribution in [2.75, 3.05) is 18.4 Å². The van der Waals surface area contributed by atoms with Gasteiger partial charge in [-0.25, -0.2) is 9.59 Å². The van der Waals surface area contributed by atoms with Crippen LogP contribution in [-0.4, -0.2) is 41.1 Å². The summed E-state index contributed by atoms with van der Waals surface area (Å²) in [4.78, 5) is 27.6. The minimum Gasteiger partial charge on any atom is -0.478 e. The van der Waals surface area contributed by atoms with Crippen molar-refractivity contribution in [3.8, 4) is 0 Å². The molecule has 144 valence electrons. The topological polar surface area (TPSA) is 108 Å². The number of carboxylic acid groups (broad SMARTS) is 1. The zero-order valence-electron chi connectivity index (χ0n) is 15.4. The molecule has 0 aromatic carbocycles. The number of urea groups is 1. The Labute approximate surface area is 157 Å². The first kappa shape index (κ1) is 19.1. The number of carboxylic acids is 1. The fourth-order valence-corrected chi connectivity index (χ4v) is 5.22. The number of aromatic carboxylic acids is 1. The summed E-state index contributed by atoms with van der Waals surface area (Å²) < 4.78 is 0. The molecule has 2 aliphatic rings. The summed E-state index contributed by atoms with van der Waals surface area (Å²) in [5.74, 6) is 4.48. The van der Waals surface area contributed by atoms with E-state index < -0.39 is 5.97 Å². The third kappa shape index (κ3) is 3.87. The van der Waals surface area contributed by atoms with Crippen molar-refractivity contribution in [1.82, 2.24) is 10.3 Å². The van der Waals surface area contributed by atoms with Gasteiger partial charge >= 0.3 is 12.0 Å². The molecule has 3 rings (SSSR count). The highest BCUT2D eigenvalue weighted by molar-refractivity contribution is 7.17. The van der Waals surface area contributed by atoms with E-state index >= 15 is 0 Å². The van der Waals surface area contributed by atoms with Gasteiger partial charge < -0.3 is 10.0 Å². The van der Waals surface area contributed by atoms with Gasteiger partial charge in [0, 0.05) is 24.0 Å². The zero-order chi connectivity index (χ0) is 18.9. The van der Waals surface area contributed by atoms with E-state index in [-0.39, 0.29) is 23.1 Å². The van der Waals surface area contributed by atoms with Crippen LogP contribution in [0.5, 0.6) is 0 Å². The summed E-state index contributed by atoms with van der Waals surface area (Å²) in [6.07, 6.45) is 5.56. The molecule has 5 N–H and O–H groups in total. The molecule has 2 amide bonds. The number of nitrogens with one attached hydrogen (secondary N) is 2. The first-order chi connectivity index (χ1) is 12.3. The van der Waals surface area contributed by atoms with E-state index in [9.17, 15) is 14.7 Å². The van der Waals surface area contributed by atoms with Gasteiger partial charge in [-0.3, -0.25) is 16.6 Å². The number of anilines is 1. The highest BCUT2D eigenvalue weighted by Gasteiger charge is 2.34. The molecule has 0 unspecified atom stereocenters. The van der Waals surface area contributed by atoms with Crippen LogP contribution in [0, 0.1) is 5.41 Å². The predicted octanol–water partition coefficient (Wildman–Crippen LogP) is 2.81. The number of hydrogen-bond acceptors (Lipinski definition) is 5. The SMILES string of the molecule is CC1(C)CCc2sc(NC(=O)N3CCCC[C@H]3CNN)c(C(=O)O)c2C1. The number of nitrogens with zero attached hydrogens (tertiary/aromatic N) is 1. The maximum Gasteiger partial charge on any atom is 0.339 e. The van der Waals surface area contributed by atoms with Crippen molar-refractivity contribution in [3.05, 3.63) is 16.0 Å². The van der Waals surface area contributed by atoms with Crippen LogP contribution < -0.4 is 16.6 Å². The molecule has 7 nitrogen and oxygen atoms in total. The van der Waals surface area contributed by atoms with E-state index in [4.69, 9.17) is 5.84 Å². The van der Waals surface area contributed by atoms with Crippen LogP contribution in [0.3, 0.4) is 0 Å². The van der Waals surface area contributed by atoms with Crippen LogP contribution >= 0.6 is 11.3 Å². The van der Waals surface area contributed by atoms with E-state index in [1.54, 1.807) is 4.90 Å². The molecule has 1 aliphatic carbocycles. The Morgan fingerprint density at radius 3 is 2.85 bits per heavy atom. The van der Waals surface area contributed by atoms with E-state index in [0.717, 1.165) is 49.0 Å². The lowest BCUT2D eigenvalue weighted by molar-refractivity contribution is 0.0696. The van der Waals surface area contributed by atoms with E-state index in [2.05, 4.69) is 24.6 Å². The predicted molar refractivity (Wildman–Crippen MR) is 103 cm³/mol. The standard InChI is InChI=1S/C18H28N4O3S/c1-18(2)7-6-13-12(9-18)14(16(23)24)15(26-13)21-17(25)22-8-4-3-5-11(22)10-20-19/h11,20H,3-10,19H2,1-2H3,(H,21,25)(H,23,24)/t11-/m0/s1. The molecule has 1 aromatic heterocycles. The Morgan fingerprint density at radius 2 is 2.15 bits per heavy atom. The van der Waals surface area contributed by atoms with Gasteiger partial charge in [0.1, 0.15) is 5.00 Å². The number of aryl methyl sites for hydroxylation is 1. The van der Waals surface area contributed by atoms with Crippen LogP contribution in [0.25, 0.3) is 0 Å². The lowest BCUT2D eigenvalue weighted by atomic mass is 9.76. The summed E-state index contributed by atoms with van der Waals surface area (Å²) in [5, 5.41) is 13.1. The first-order valence-electron chi connectivity index (χ1n) is 9.21. The smallest absolute Gasteiger partial charge is 0.339 e. The molecule has 0 spiro atoms. The number of piperidine rings is 1. The van der Waals surface area contributed by atoms with Crippen molar-refractivity contribution in [3.63, 3.8) is 0 Å². The number of carbonyl (C=O) groups excluding carboxylic acids is 1. The second-order valence-electron chi connectivity index (χ2n) is 8.04. The third-order valence-corrected chi connectivity index (χ3v) is 6.66. The molecule has 8 heteroatoms. The molecule has 1 fully saturated rings. The number of thiophene rings is 1. The number of hydrazine groups is 1. The lowest BCUT2D eigenvalue weighted by Crippen LogP contribution is -2.51. The third-order valence-electron chi connectivity index (χ3n) is 5.45. The Balaban J connectivity index is 1.84. The monoisotopic (exact) mass is 380 g/mol. The Bertz CT molecular complexity index is 699. The average Bonchev–Trinajstić information content (AvgIpc) is 2.91. The number of nitrogens with two attached hydrogens (primary N) is 1. The lowest BCUT2D eigenvalue weighted by Gasteiger charge is -2.35. The number of likely N-dealkylation sites (tertiary alicyclic amines) is 1. The van der Waals surface area contributed by atoms with Crippen molar-refractivity contribution >= 4 is 28.3 Å². The molecule has 2 heterocycles. The number of amides is 2. The minimum absolute atomic E-state index is 0.0375. The fourth-order valence-electron chi connectivity index (χ4n) is 4.02. The number of rotatable bonds is 4. The van der Waals surface area contributed by atoms with Crippen LogP contribution in [0.4, 0.5) is 9.80 Å². The molecule has 0 saturated carbocycles. The molecule has 1 atom stereocenters. The summed E-state index contributed by atoms with van der Waals surface area (Å²) in [6, 6.07) is -0.194. The molecule has 1 aromatic rings. The number of carbonyl (C=O) groups is 2. The van der Waals surface area contributed by atoms with Gasteiger partial charge in [-0.05, 0) is 49.5 Å². The van der Waals surface area contributed by atoms with Crippen LogP contribution in [0.15, 0.2) is 0 Å². The highest BCUT2D eigenvalue weighted by atomic mass is 32.1. The highest BCUT2D eigenvalue weighted by Crippen LogP contribution is 2.43. The molecule has 26 heavy (non-hydrogen) atoms. The summed E-state index contributed by atoms with van der Waals surface area (Å²) in [6.45, 7) is 5.53. The van der Waals surface area contributed by atoms with E-state index in [1.807, 2.05) is 0 Å². The van der Waals surface area contributed by atoms with Crippen molar-refractivity contribution < 1.29 is 14.7 Å². The normalized spacial score (nSPS) is 22.0. The number of fused-ring (bicyclic) bond motifs is 1. The molecule has 0 bridgehead atoms. The summed E-state index contributed by atoms with van der Waals surface area (Å²) >= 11 is 1.42. The van der Waals surface area contributed by atoms with Gasteiger partial charge in [-0.15, -0.1) is 11.3 Å². The van der Waals surface area contributed by atoms with Crippen LogP contribution in [0.1, 0.15) is 60.3 Å². The van der Waals surface area contributed by atoms with Gasteiger partial charge in [-0.1, -0.05) is 13.8 Å². The molecule has 1 aliphatic heterocycles. The Kier molecular flexibility index (Phi) is 5.55. The van der Waals surface area contributed by atoms with Gasteiger partial charge in [0.05, 0.1) is 5.56 Å². The maximum atomic E-state index is 12.8. The Morgan fingerprint density at radius 1 is 1.38 bits per heavy atom. The zero-order valence-corrected chi connectivity index (χ0v) is 16.2. The van der Waals surface area contributed by atoms with Crippen LogP contribution in [0.2, 0.25) is 0 Å². The van der Waals surface area contributed by atoms with Crippen LogP contribution in [-0.2, 0) is 12.8 Å². The van der Waals surface area contributed by atoms with Gasteiger partial charge in [0.2, 0.25) is 0 Å². The van der Waals surface area contributed by atoms with Gasteiger partial charge in [0.15, 0.2) is 0 Å². The first-order valence-corrected chi connectivity index (χ1v) is 10.0. The molecule has 1 saturated heterocycles. The second kappa shape index (κ2) is 7.54. The van der Waals surface area contributed by atoms with Crippen molar-refractivity contribution in [2.45, 2.75) is 58.4 Å². The molecule has 0 radical (unpaired) electrons. The largest absolute Gasteiger partial charge is 0.478 e. The second-order valence-corrected chi connectivity index (χ2v) is 9.14. The minimum atomic E-state index is -0.964. The summed E-state index contributed by atoms with van der Waals surface area (Å²) in [7, 11) is 0. The molecular weight excluding hydrogens is 352 g/mol. The van der Waals surface area contributed by atoms with E-state index in [1.165, 1.54) is 11.3 Å². The number of hydrogen-bond donors (Lipinski definition) is 4. The fraction of sp³-hybridized carbons (Fsp3) is 0.667. The Hall–Kier alpha value is -1.64. The average molecular weight is 381 g/mol.